The molecule has 0 bridgehead atoms. The summed E-state index contributed by atoms with van der Waals surface area (Å²) in [6.07, 6.45) is 16.6. The molecule has 162 valence electrons. The molecule has 0 amide bonds. The lowest BCUT2D eigenvalue weighted by Gasteiger charge is -2.13. The van der Waals surface area contributed by atoms with Crippen molar-refractivity contribution >= 4 is 0 Å². The zero-order valence-electron chi connectivity index (χ0n) is 18.8. The van der Waals surface area contributed by atoms with Crippen molar-refractivity contribution in [3.05, 3.63) is 59.4 Å². The highest BCUT2D eigenvalue weighted by Crippen LogP contribution is 2.24. The van der Waals surface area contributed by atoms with Gasteiger partial charge in [0.2, 0.25) is 0 Å². The molecule has 29 heavy (non-hydrogen) atoms. The highest BCUT2D eigenvalue weighted by atomic mass is 79.9. The number of aromatic nitrogens is 1. The Morgan fingerprint density at radius 3 is 2.17 bits per heavy atom. The lowest BCUT2D eigenvalue weighted by atomic mass is 10.00. The summed E-state index contributed by atoms with van der Waals surface area (Å²) < 4.78 is 8.45. The molecular weight excluding hydrogens is 422 g/mol. The Morgan fingerprint density at radius 1 is 0.793 bits per heavy atom. The van der Waals surface area contributed by atoms with Gasteiger partial charge >= 0.3 is 0 Å². The van der Waals surface area contributed by atoms with Crippen LogP contribution in [0.4, 0.5) is 0 Å². The third-order valence-corrected chi connectivity index (χ3v) is 5.37. The van der Waals surface area contributed by atoms with Gasteiger partial charge in [-0.15, -0.1) is 0 Å². The number of hydrogen-bond donors (Lipinski definition) is 0. The highest BCUT2D eigenvalue weighted by Gasteiger charge is 2.07. The first-order valence-electron chi connectivity index (χ1n) is 11.4. The lowest BCUT2D eigenvalue weighted by Crippen LogP contribution is -3.00. The minimum atomic E-state index is 0. The summed E-state index contributed by atoms with van der Waals surface area (Å²) in [5.41, 5.74) is 4.20. The average molecular weight is 463 g/mol. The monoisotopic (exact) mass is 461 g/mol. The summed E-state index contributed by atoms with van der Waals surface area (Å²) in [5.74, 6) is 1.11. The van der Waals surface area contributed by atoms with E-state index in [9.17, 15) is 0 Å². The summed E-state index contributed by atoms with van der Waals surface area (Å²) in [6.45, 7) is 8.53. The minimum Gasteiger partial charge on any atom is -1.00 e. The van der Waals surface area contributed by atoms with Crippen molar-refractivity contribution in [1.29, 1.82) is 0 Å². The van der Waals surface area contributed by atoms with Gasteiger partial charge in [0.05, 0.1) is 6.61 Å². The van der Waals surface area contributed by atoms with E-state index in [0.717, 1.165) is 38.2 Å². The average Bonchev–Trinajstić information content (AvgIpc) is 2.71. The predicted molar refractivity (Wildman–Crippen MR) is 119 cm³/mol. The van der Waals surface area contributed by atoms with Crippen LogP contribution in [0, 0.1) is 6.92 Å². The summed E-state index contributed by atoms with van der Waals surface area (Å²) in [6, 6.07) is 11.2. The number of ether oxygens (including phenoxy) is 1. The van der Waals surface area contributed by atoms with Gasteiger partial charge in [-0.3, -0.25) is 0 Å². The molecule has 3 heteroatoms. The summed E-state index contributed by atoms with van der Waals surface area (Å²) in [5, 5.41) is 0. The second-order valence-electron chi connectivity index (χ2n) is 8.03. The van der Waals surface area contributed by atoms with E-state index in [1.165, 1.54) is 61.6 Å². The van der Waals surface area contributed by atoms with Crippen LogP contribution in [0.15, 0.2) is 42.7 Å². The standard InChI is InChI=1S/C26H40NO.BrH/c1-4-6-8-12-24-14-15-26(25(22-24)13-9-7-5-2)28-21-11-10-18-27-19-16-23(3)17-20-27;/h14-17,19-20,22H,4-13,18,21H2,1-3H3;1H/q+1;/p-1. The molecule has 0 atom stereocenters. The van der Waals surface area contributed by atoms with E-state index in [-0.39, 0.29) is 17.0 Å². The predicted octanol–water partition coefficient (Wildman–Crippen LogP) is 3.61. The molecule has 0 aliphatic heterocycles. The van der Waals surface area contributed by atoms with Crippen LogP contribution in [0.25, 0.3) is 0 Å². The zero-order valence-corrected chi connectivity index (χ0v) is 20.3. The van der Waals surface area contributed by atoms with E-state index in [1.807, 2.05) is 0 Å². The molecule has 0 fully saturated rings. The normalized spacial score (nSPS) is 10.6. The van der Waals surface area contributed by atoms with E-state index >= 15 is 0 Å². The molecule has 0 N–H and O–H groups in total. The number of aryl methyl sites for hydroxylation is 4. The van der Waals surface area contributed by atoms with Crippen molar-refractivity contribution in [2.75, 3.05) is 6.61 Å². The van der Waals surface area contributed by atoms with Crippen LogP contribution >= 0.6 is 0 Å². The molecule has 0 spiro atoms. The van der Waals surface area contributed by atoms with Crippen LogP contribution < -0.4 is 26.3 Å². The number of nitrogens with zero attached hydrogens (tertiary/aromatic N) is 1. The van der Waals surface area contributed by atoms with Crippen molar-refractivity contribution in [3.8, 4) is 5.75 Å². The van der Waals surface area contributed by atoms with Gasteiger partial charge in [0.15, 0.2) is 12.4 Å². The Kier molecular flexibility index (Phi) is 13.7. The fourth-order valence-corrected chi connectivity index (χ4v) is 3.53. The van der Waals surface area contributed by atoms with Crippen molar-refractivity contribution in [3.63, 3.8) is 0 Å². The summed E-state index contributed by atoms with van der Waals surface area (Å²) >= 11 is 0. The fourth-order valence-electron chi connectivity index (χ4n) is 3.53. The van der Waals surface area contributed by atoms with Gasteiger partial charge in [0, 0.05) is 18.6 Å². The molecule has 0 aliphatic carbocycles. The number of halogens is 1. The maximum Gasteiger partial charge on any atom is 0.169 e. The Hall–Kier alpha value is -1.35. The second-order valence-corrected chi connectivity index (χ2v) is 8.03. The third-order valence-electron chi connectivity index (χ3n) is 5.37. The Morgan fingerprint density at radius 2 is 1.48 bits per heavy atom. The maximum atomic E-state index is 6.20. The molecule has 0 saturated heterocycles. The van der Waals surface area contributed by atoms with E-state index < -0.39 is 0 Å². The lowest BCUT2D eigenvalue weighted by molar-refractivity contribution is -0.697. The zero-order chi connectivity index (χ0) is 20.0. The van der Waals surface area contributed by atoms with Crippen LogP contribution in [0.2, 0.25) is 0 Å². The van der Waals surface area contributed by atoms with Crippen LogP contribution in [-0.4, -0.2) is 6.61 Å². The van der Waals surface area contributed by atoms with Crippen LogP contribution in [0.5, 0.6) is 5.75 Å². The minimum absolute atomic E-state index is 0. The Labute approximate surface area is 189 Å². The second kappa shape index (κ2) is 15.5. The first kappa shape index (κ1) is 25.7. The quantitative estimate of drug-likeness (QED) is 0.309. The van der Waals surface area contributed by atoms with E-state index in [4.69, 9.17) is 4.74 Å². The van der Waals surface area contributed by atoms with Crippen molar-refractivity contribution in [2.24, 2.45) is 0 Å². The highest BCUT2D eigenvalue weighted by molar-refractivity contribution is 5.37. The summed E-state index contributed by atoms with van der Waals surface area (Å²) in [7, 11) is 0. The van der Waals surface area contributed by atoms with Gasteiger partial charge in [-0.2, -0.15) is 0 Å². The summed E-state index contributed by atoms with van der Waals surface area (Å²) in [4.78, 5) is 0. The molecule has 0 aliphatic rings. The van der Waals surface area contributed by atoms with Gasteiger partial charge in [-0.25, -0.2) is 4.57 Å². The largest absolute Gasteiger partial charge is 1.00 e. The molecule has 1 heterocycles. The number of pyridine rings is 1. The number of rotatable bonds is 14. The van der Waals surface area contributed by atoms with Gasteiger partial charge in [0.25, 0.3) is 0 Å². The van der Waals surface area contributed by atoms with Crippen molar-refractivity contribution in [1.82, 2.24) is 0 Å². The van der Waals surface area contributed by atoms with Gasteiger partial charge in [-0.05, 0) is 61.8 Å². The first-order valence-corrected chi connectivity index (χ1v) is 11.4. The van der Waals surface area contributed by atoms with Crippen LogP contribution in [0.3, 0.4) is 0 Å². The van der Waals surface area contributed by atoms with Gasteiger partial charge in [-0.1, -0.05) is 51.7 Å². The topological polar surface area (TPSA) is 13.1 Å². The fraction of sp³-hybridized carbons (Fsp3) is 0.577. The smallest absolute Gasteiger partial charge is 0.169 e. The van der Waals surface area contributed by atoms with Crippen molar-refractivity contribution < 1.29 is 26.3 Å². The first-order chi connectivity index (χ1) is 13.7. The number of hydrogen-bond acceptors (Lipinski definition) is 1. The van der Waals surface area contributed by atoms with E-state index in [0.29, 0.717) is 0 Å². The SMILES string of the molecule is CCCCCc1ccc(OCCCC[n+]2ccc(C)cc2)c(CCCCC)c1.[Br-]. The van der Waals surface area contributed by atoms with E-state index in [2.05, 4.69) is 68.1 Å². The Bertz CT molecular complexity index is 669. The molecule has 2 aromatic rings. The third kappa shape index (κ3) is 10.3. The van der Waals surface area contributed by atoms with Crippen LogP contribution in [0.1, 0.15) is 81.9 Å². The van der Waals surface area contributed by atoms with E-state index in [1.54, 1.807) is 0 Å². The van der Waals surface area contributed by atoms with Gasteiger partial charge in [0.1, 0.15) is 12.3 Å². The van der Waals surface area contributed by atoms with Crippen LogP contribution in [-0.2, 0) is 19.4 Å². The molecule has 0 unspecified atom stereocenters. The number of benzene rings is 1. The molecule has 1 aromatic heterocycles. The number of unbranched alkanes of at least 4 members (excludes halogenated alkanes) is 5. The Balaban J connectivity index is 0.00000420. The molecule has 0 saturated carbocycles. The molecule has 2 nitrogen and oxygen atoms in total. The molecule has 2 rings (SSSR count). The molecule has 0 radical (unpaired) electrons. The van der Waals surface area contributed by atoms with Gasteiger partial charge < -0.3 is 21.7 Å². The maximum absolute atomic E-state index is 6.20. The molecular formula is C26H40BrNO. The molecule has 1 aromatic carbocycles. The van der Waals surface area contributed by atoms with Crippen molar-refractivity contribution in [2.45, 2.75) is 91.5 Å².